The fourth-order valence-corrected chi connectivity index (χ4v) is 2.21. The average Bonchev–Trinajstić information content (AvgIpc) is 2.43. The van der Waals surface area contributed by atoms with Crippen molar-refractivity contribution in [2.24, 2.45) is 5.41 Å². The summed E-state index contributed by atoms with van der Waals surface area (Å²) in [6, 6.07) is 5.00. The van der Waals surface area contributed by atoms with Gasteiger partial charge in [0.2, 0.25) is 0 Å². The lowest BCUT2D eigenvalue weighted by Crippen LogP contribution is -2.39. The Morgan fingerprint density at radius 2 is 1.87 bits per heavy atom. The second-order valence-electron chi connectivity index (χ2n) is 6.62. The van der Waals surface area contributed by atoms with Crippen LogP contribution < -0.4 is 4.90 Å². The molecule has 1 aromatic rings. The third-order valence-corrected chi connectivity index (χ3v) is 3.10. The molecule has 0 aliphatic rings. The first kappa shape index (κ1) is 19.3. The maximum atomic E-state index is 13.1. The summed E-state index contributed by atoms with van der Waals surface area (Å²) in [4.78, 5) is 1.58. The molecule has 23 heavy (non-hydrogen) atoms. The SMILES string of the molecule is CC(C)(C)CN(CC(O)CO)c1ccc(C#N)c(C(F)(F)F)c1. The predicted octanol–water partition coefficient (Wildman–Crippen LogP) is 2.78. The normalized spacial score (nSPS) is 13.5. The van der Waals surface area contributed by atoms with Gasteiger partial charge in [-0.1, -0.05) is 20.8 Å². The first-order chi connectivity index (χ1) is 10.5. The molecule has 0 spiro atoms. The van der Waals surface area contributed by atoms with Crippen LogP contribution in [0.3, 0.4) is 0 Å². The summed E-state index contributed by atoms with van der Waals surface area (Å²) in [5.41, 5.74) is -1.44. The van der Waals surface area contributed by atoms with E-state index in [0.29, 0.717) is 6.54 Å². The third-order valence-electron chi connectivity index (χ3n) is 3.10. The van der Waals surface area contributed by atoms with Crippen LogP contribution in [-0.4, -0.2) is 36.0 Å². The van der Waals surface area contributed by atoms with Crippen molar-refractivity contribution in [3.63, 3.8) is 0 Å². The van der Waals surface area contributed by atoms with Gasteiger partial charge in [0.15, 0.2) is 0 Å². The average molecular weight is 330 g/mol. The summed E-state index contributed by atoms with van der Waals surface area (Å²) >= 11 is 0. The first-order valence-electron chi connectivity index (χ1n) is 7.13. The minimum absolute atomic E-state index is 0.00301. The van der Waals surface area contributed by atoms with E-state index in [2.05, 4.69) is 0 Å². The summed E-state index contributed by atoms with van der Waals surface area (Å²) in [6.45, 7) is 5.65. The summed E-state index contributed by atoms with van der Waals surface area (Å²) < 4.78 is 39.3. The second kappa shape index (κ2) is 7.20. The van der Waals surface area contributed by atoms with Gasteiger partial charge in [0.25, 0.3) is 0 Å². The molecule has 0 aliphatic carbocycles. The Bertz CT molecular complexity index is 574. The molecule has 1 aromatic carbocycles. The van der Waals surface area contributed by atoms with Gasteiger partial charge in [-0.25, -0.2) is 0 Å². The van der Waals surface area contributed by atoms with E-state index in [1.807, 2.05) is 20.8 Å². The summed E-state index contributed by atoms with van der Waals surface area (Å²) in [7, 11) is 0. The van der Waals surface area contributed by atoms with Gasteiger partial charge in [-0.15, -0.1) is 0 Å². The first-order valence-corrected chi connectivity index (χ1v) is 7.13. The molecule has 1 unspecified atom stereocenters. The van der Waals surface area contributed by atoms with Crippen molar-refractivity contribution in [1.29, 1.82) is 5.26 Å². The highest BCUT2D eigenvalue weighted by Crippen LogP contribution is 2.35. The minimum Gasteiger partial charge on any atom is -0.394 e. The number of hydrogen-bond acceptors (Lipinski definition) is 4. The largest absolute Gasteiger partial charge is 0.417 e. The van der Waals surface area contributed by atoms with Crippen molar-refractivity contribution < 1.29 is 23.4 Å². The number of rotatable bonds is 5. The van der Waals surface area contributed by atoms with Gasteiger partial charge in [0.1, 0.15) is 0 Å². The molecule has 0 heterocycles. The Kier molecular flexibility index (Phi) is 6.03. The number of hydrogen-bond donors (Lipinski definition) is 2. The highest BCUT2D eigenvalue weighted by Gasteiger charge is 2.34. The van der Waals surface area contributed by atoms with E-state index < -0.39 is 30.0 Å². The summed E-state index contributed by atoms with van der Waals surface area (Å²) in [6.07, 6.45) is -5.70. The number of nitriles is 1. The smallest absolute Gasteiger partial charge is 0.394 e. The molecule has 0 bridgehead atoms. The molecular weight excluding hydrogens is 309 g/mol. The van der Waals surface area contributed by atoms with Crippen molar-refractivity contribution >= 4 is 5.69 Å². The topological polar surface area (TPSA) is 67.5 Å². The highest BCUT2D eigenvalue weighted by molar-refractivity contribution is 5.55. The highest BCUT2D eigenvalue weighted by atomic mass is 19.4. The molecule has 0 aromatic heterocycles. The number of aliphatic hydroxyl groups is 2. The number of anilines is 1. The number of halogens is 3. The van der Waals surface area contributed by atoms with Crippen molar-refractivity contribution in [1.82, 2.24) is 0 Å². The molecule has 1 atom stereocenters. The minimum atomic E-state index is -4.63. The van der Waals surface area contributed by atoms with Crippen molar-refractivity contribution in [3.8, 4) is 6.07 Å². The molecule has 4 nitrogen and oxygen atoms in total. The standard InChI is InChI=1S/C16H21F3N2O2/c1-15(2,3)10-21(8-13(23)9-22)12-5-4-11(7-20)14(6-12)16(17,18)19/h4-6,13,22-23H,8-10H2,1-3H3. The third kappa shape index (κ3) is 5.73. The van der Waals surface area contributed by atoms with Crippen LogP contribution in [0.15, 0.2) is 18.2 Å². The van der Waals surface area contributed by atoms with E-state index in [1.54, 1.807) is 11.0 Å². The number of nitrogens with zero attached hydrogens (tertiary/aromatic N) is 2. The lowest BCUT2D eigenvalue weighted by atomic mass is 9.95. The van der Waals surface area contributed by atoms with Crippen LogP contribution in [0.2, 0.25) is 0 Å². The molecule has 1 rings (SSSR count). The van der Waals surface area contributed by atoms with Crippen LogP contribution in [0.4, 0.5) is 18.9 Å². The molecule has 0 saturated carbocycles. The zero-order chi connectivity index (χ0) is 17.8. The number of aliphatic hydroxyl groups excluding tert-OH is 2. The molecular formula is C16H21F3N2O2. The molecule has 0 amide bonds. The molecule has 0 fully saturated rings. The van der Waals surface area contributed by atoms with Crippen molar-refractivity contribution in [2.75, 3.05) is 24.6 Å². The van der Waals surface area contributed by atoms with Gasteiger partial charge in [0, 0.05) is 18.8 Å². The van der Waals surface area contributed by atoms with Gasteiger partial charge in [-0.05, 0) is 23.6 Å². The van der Waals surface area contributed by atoms with E-state index in [9.17, 15) is 18.3 Å². The Morgan fingerprint density at radius 3 is 2.30 bits per heavy atom. The quantitative estimate of drug-likeness (QED) is 0.871. The van der Waals surface area contributed by atoms with Crippen LogP contribution in [0.25, 0.3) is 0 Å². The van der Waals surface area contributed by atoms with Crippen LogP contribution in [0.5, 0.6) is 0 Å². The van der Waals surface area contributed by atoms with Gasteiger partial charge < -0.3 is 15.1 Å². The fraction of sp³-hybridized carbons (Fsp3) is 0.562. The number of benzene rings is 1. The fourth-order valence-electron chi connectivity index (χ4n) is 2.21. The van der Waals surface area contributed by atoms with Crippen molar-refractivity contribution in [2.45, 2.75) is 33.1 Å². The summed E-state index contributed by atoms with van der Waals surface area (Å²) in [5, 5.41) is 27.5. The monoisotopic (exact) mass is 330 g/mol. The van der Waals surface area contributed by atoms with E-state index in [-0.39, 0.29) is 17.6 Å². The number of alkyl halides is 3. The van der Waals surface area contributed by atoms with E-state index in [1.165, 1.54) is 6.07 Å². The lowest BCUT2D eigenvalue weighted by molar-refractivity contribution is -0.137. The van der Waals surface area contributed by atoms with Gasteiger partial charge >= 0.3 is 6.18 Å². The van der Waals surface area contributed by atoms with Gasteiger partial charge in [-0.2, -0.15) is 18.4 Å². The van der Waals surface area contributed by atoms with Crippen molar-refractivity contribution in [3.05, 3.63) is 29.3 Å². The molecule has 0 radical (unpaired) electrons. The van der Waals surface area contributed by atoms with E-state index in [0.717, 1.165) is 12.1 Å². The molecule has 7 heteroatoms. The van der Waals surface area contributed by atoms with Crippen LogP contribution in [-0.2, 0) is 6.18 Å². The molecule has 2 N–H and O–H groups in total. The second-order valence-corrected chi connectivity index (χ2v) is 6.62. The maximum absolute atomic E-state index is 13.1. The van der Waals surface area contributed by atoms with Gasteiger partial charge in [-0.3, -0.25) is 0 Å². The van der Waals surface area contributed by atoms with Gasteiger partial charge in [0.05, 0.1) is 29.9 Å². The maximum Gasteiger partial charge on any atom is 0.417 e. The molecule has 0 aliphatic heterocycles. The van der Waals surface area contributed by atoms with Crippen LogP contribution in [0.1, 0.15) is 31.9 Å². The van der Waals surface area contributed by atoms with E-state index in [4.69, 9.17) is 10.4 Å². The Morgan fingerprint density at radius 1 is 1.26 bits per heavy atom. The zero-order valence-corrected chi connectivity index (χ0v) is 13.4. The Hall–Kier alpha value is -1.78. The van der Waals surface area contributed by atoms with Crippen LogP contribution >= 0.6 is 0 Å². The van der Waals surface area contributed by atoms with E-state index >= 15 is 0 Å². The lowest BCUT2D eigenvalue weighted by Gasteiger charge is -2.33. The Labute approximate surface area is 133 Å². The molecule has 0 saturated heterocycles. The Balaban J connectivity index is 3.28. The summed E-state index contributed by atoms with van der Waals surface area (Å²) in [5.74, 6) is 0. The predicted molar refractivity (Wildman–Crippen MR) is 80.9 cm³/mol. The molecule has 128 valence electrons. The van der Waals surface area contributed by atoms with Crippen LogP contribution in [0, 0.1) is 16.7 Å². The zero-order valence-electron chi connectivity index (χ0n) is 13.4.